The van der Waals surface area contributed by atoms with Gasteiger partial charge in [-0.3, -0.25) is 4.90 Å². The lowest BCUT2D eigenvalue weighted by molar-refractivity contribution is 0.135. The molecule has 9 heteroatoms. The Bertz CT molecular complexity index is 1030. The summed E-state index contributed by atoms with van der Waals surface area (Å²) in [5, 5.41) is 0. The van der Waals surface area contributed by atoms with Crippen LogP contribution < -0.4 is 9.64 Å². The highest BCUT2D eigenvalue weighted by atomic mass is 79.9. The molecule has 2 aliphatic heterocycles. The van der Waals surface area contributed by atoms with Gasteiger partial charge in [-0.25, -0.2) is 13.2 Å². The van der Waals surface area contributed by atoms with Crippen molar-refractivity contribution < 1.29 is 22.7 Å². The van der Waals surface area contributed by atoms with Crippen LogP contribution in [0.25, 0.3) is 0 Å². The second kappa shape index (κ2) is 7.97. The molecule has 2 aliphatic rings. The predicted molar refractivity (Wildman–Crippen MR) is 112 cm³/mol. The average molecular weight is 481 g/mol. The van der Waals surface area contributed by atoms with E-state index in [2.05, 4.69) is 15.9 Å². The minimum Gasteiger partial charge on any atom is -0.497 e. The third-order valence-corrected chi connectivity index (χ3v) is 7.70. The first-order valence-corrected chi connectivity index (χ1v) is 11.5. The van der Waals surface area contributed by atoms with E-state index in [4.69, 9.17) is 9.47 Å². The zero-order valence-corrected chi connectivity index (χ0v) is 18.3. The summed E-state index contributed by atoms with van der Waals surface area (Å²) in [4.78, 5) is 14.3. The Balaban J connectivity index is 1.52. The lowest BCUT2D eigenvalue weighted by Crippen LogP contribution is -2.50. The number of benzene rings is 2. The van der Waals surface area contributed by atoms with Gasteiger partial charge in [0.05, 0.1) is 17.7 Å². The molecule has 1 saturated heterocycles. The molecule has 0 radical (unpaired) electrons. The molecule has 0 atom stereocenters. The summed E-state index contributed by atoms with van der Waals surface area (Å²) in [6.45, 7) is 0.910. The summed E-state index contributed by atoms with van der Waals surface area (Å²) in [6.07, 6.45) is 0.690. The second-order valence-corrected chi connectivity index (χ2v) is 9.87. The molecule has 7 nitrogen and oxygen atoms in total. The third kappa shape index (κ3) is 3.86. The number of cyclic esters (lactones) is 1. The number of rotatable bonds is 4. The van der Waals surface area contributed by atoms with Gasteiger partial charge in [0, 0.05) is 35.2 Å². The van der Waals surface area contributed by atoms with E-state index in [0.29, 0.717) is 31.7 Å². The van der Waals surface area contributed by atoms with E-state index in [1.165, 1.54) is 17.5 Å². The Morgan fingerprint density at radius 3 is 2.62 bits per heavy atom. The fourth-order valence-electron chi connectivity index (χ4n) is 3.81. The van der Waals surface area contributed by atoms with Gasteiger partial charge in [0.15, 0.2) is 0 Å². The summed E-state index contributed by atoms with van der Waals surface area (Å²) in [6, 6.07) is 12.1. The predicted octanol–water partition coefficient (Wildman–Crippen LogP) is 3.77. The Kier molecular flexibility index (Phi) is 5.54. The lowest BCUT2D eigenvalue weighted by atomic mass is 10.0. The molecular formula is C20H21BrN2O5S. The van der Waals surface area contributed by atoms with E-state index in [1.807, 2.05) is 18.2 Å². The molecule has 2 aromatic rings. The minimum atomic E-state index is -3.62. The number of hydrogen-bond acceptors (Lipinski definition) is 5. The molecule has 0 saturated carbocycles. The normalized spacial score (nSPS) is 18.3. The maximum Gasteiger partial charge on any atom is 0.414 e. The highest BCUT2D eigenvalue weighted by Crippen LogP contribution is 2.34. The fraction of sp³-hybridized carbons (Fsp3) is 0.350. The monoisotopic (exact) mass is 480 g/mol. The number of halogens is 1. The third-order valence-electron chi connectivity index (χ3n) is 5.32. The highest BCUT2D eigenvalue weighted by molar-refractivity contribution is 9.10. The number of methoxy groups -OCH3 is 1. The van der Waals surface area contributed by atoms with Gasteiger partial charge in [0.2, 0.25) is 10.0 Å². The van der Waals surface area contributed by atoms with Crippen molar-refractivity contribution in [2.24, 2.45) is 0 Å². The van der Waals surface area contributed by atoms with E-state index >= 15 is 0 Å². The van der Waals surface area contributed by atoms with Crippen LogP contribution in [0.15, 0.2) is 51.8 Å². The molecule has 2 heterocycles. The number of carbonyl (C=O) groups is 1. The molecule has 1 amide bonds. The highest BCUT2D eigenvalue weighted by Gasteiger charge is 2.37. The van der Waals surface area contributed by atoms with E-state index in [9.17, 15) is 13.2 Å². The zero-order valence-electron chi connectivity index (χ0n) is 15.9. The van der Waals surface area contributed by atoms with Crippen LogP contribution in [0.2, 0.25) is 0 Å². The Morgan fingerprint density at radius 1 is 1.14 bits per heavy atom. The van der Waals surface area contributed by atoms with Crippen molar-refractivity contribution in [1.29, 1.82) is 0 Å². The maximum atomic E-state index is 13.0. The van der Waals surface area contributed by atoms with Crippen molar-refractivity contribution in [3.8, 4) is 5.75 Å². The standard InChI is InChI=1S/C20H21BrN2O5S/c1-27-17-3-2-4-18(12-17)29(25,26)22-9-7-16(8-10-22)23-19-6-5-15(21)11-14(19)13-28-20(23)24/h2-6,11-12,16H,7-10,13H2,1H3. The van der Waals surface area contributed by atoms with Gasteiger partial charge in [-0.15, -0.1) is 0 Å². The number of nitrogens with zero attached hydrogens (tertiary/aromatic N) is 2. The molecule has 4 rings (SSSR count). The fourth-order valence-corrected chi connectivity index (χ4v) is 5.72. The molecule has 154 valence electrons. The topological polar surface area (TPSA) is 76.2 Å². The van der Waals surface area contributed by atoms with E-state index < -0.39 is 10.0 Å². The number of sulfonamides is 1. The van der Waals surface area contributed by atoms with Gasteiger partial charge in [0.1, 0.15) is 12.4 Å². The van der Waals surface area contributed by atoms with Crippen LogP contribution in [0.5, 0.6) is 5.75 Å². The molecule has 0 aromatic heterocycles. The molecule has 0 aliphatic carbocycles. The van der Waals surface area contributed by atoms with Gasteiger partial charge < -0.3 is 9.47 Å². The summed E-state index contributed by atoms with van der Waals surface area (Å²) >= 11 is 3.44. The molecule has 0 N–H and O–H groups in total. The quantitative estimate of drug-likeness (QED) is 0.665. The largest absolute Gasteiger partial charge is 0.497 e. The van der Waals surface area contributed by atoms with Crippen molar-refractivity contribution in [3.05, 3.63) is 52.5 Å². The Labute approximate surface area is 178 Å². The Hall–Kier alpha value is -2.10. The summed E-state index contributed by atoms with van der Waals surface area (Å²) in [5.41, 5.74) is 1.77. The molecule has 2 aromatic carbocycles. The number of amides is 1. The SMILES string of the molecule is COc1cccc(S(=O)(=O)N2CCC(N3C(=O)OCc4cc(Br)ccc43)CC2)c1. The molecule has 0 bridgehead atoms. The van der Waals surface area contributed by atoms with Crippen LogP contribution in [0, 0.1) is 0 Å². The van der Waals surface area contributed by atoms with E-state index in [1.54, 1.807) is 23.1 Å². The summed E-state index contributed by atoms with van der Waals surface area (Å²) in [5.74, 6) is 0.500. The van der Waals surface area contributed by atoms with Crippen LogP contribution in [0.1, 0.15) is 18.4 Å². The number of anilines is 1. The van der Waals surface area contributed by atoms with Crippen molar-refractivity contribution in [3.63, 3.8) is 0 Å². The van der Waals surface area contributed by atoms with Gasteiger partial charge in [-0.2, -0.15) is 4.31 Å². The zero-order chi connectivity index (χ0) is 20.6. The smallest absolute Gasteiger partial charge is 0.414 e. The number of carbonyl (C=O) groups excluding carboxylic acids is 1. The van der Waals surface area contributed by atoms with Crippen LogP contribution in [0.3, 0.4) is 0 Å². The first kappa shape index (κ1) is 20.2. The molecule has 0 unspecified atom stereocenters. The van der Waals surface area contributed by atoms with Crippen LogP contribution >= 0.6 is 15.9 Å². The first-order chi connectivity index (χ1) is 13.9. The molecule has 0 spiro atoms. The Morgan fingerprint density at radius 2 is 1.90 bits per heavy atom. The van der Waals surface area contributed by atoms with Crippen molar-refractivity contribution in [1.82, 2.24) is 4.31 Å². The molecular weight excluding hydrogens is 460 g/mol. The van der Waals surface area contributed by atoms with Crippen LogP contribution in [0.4, 0.5) is 10.5 Å². The number of piperidine rings is 1. The van der Waals surface area contributed by atoms with E-state index in [-0.39, 0.29) is 23.6 Å². The number of hydrogen-bond donors (Lipinski definition) is 0. The van der Waals surface area contributed by atoms with Gasteiger partial charge in [-0.1, -0.05) is 22.0 Å². The second-order valence-electron chi connectivity index (χ2n) is 7.01. The lowest BCUT2D eigenvalue weighted by Gasteiger charge is -2.39. The number of fused-ring (bicyclic) bond motifs is 1. The minimum absolute atomic E-state index is 0.112. The van der Waals surface area contributed by atoms with E-state index in [0.717, 1.165) is 15.7 Å². The first-order valence-electron chi connectivity index (χ1n) is 9.29. The van der Waals surface area contributed by atoms with Crippen LogP contribution in [-0.2, 0) is 21.4 Å². The summed E-state index contributed by atoms with van der Waals surface area (Å²) < 4.78 is 38.9. The van der Waals surface area contributed by atoms with Gasteiger partial charge in [-0.05, 0) is 43.2 Å². The van der Waals surface area contributed by atoms with Gasteiger partial charge in [0.25, 0.3) is 0 Å². The van der Waals surface area contributed by atoms with Crippen molar-refractivity contribution in [2.45, 2.75) is 30.4 Å². The molecule has 29 heavy (non-hydrogen) atoms. The molecule has 1 fully saturated rings. The van der Waals surface area contributed by atoms with Crippen molar-refractivity contribution >= 4 is 37.7 Å². The average Bonchev–Trinajstić information content (AvgIpc) is 2.74. The van der Waals surface area contributed by atoms with Crippen molar-refractivity contribution in [2.75, 3.05) is 25.1 Å². The van der Waals surface area contributed by atoms with Gasteiger partial charge >= 0.3 is 6.09 Å². The van der Waals surface area contributed by atoms with Crippen LogP contribution in [-0.4, -0.2) is 45.1 Å². The summed E-state index contributed by atoms with van der Waals surface area (Å²) in [7, 11) is -2.11. The maximum absolute atomic E-state index is 13.0. The number of ether oxygens (including phenoxy) is 2.